The molecule has 2 amide bonds. The topological polar surface area (TPSA) is 80.5 Å². The molecule has 0 aliphatic carbocycles. The molecule has 1 N–H and O–H groups in total. The second kappa shape index (κ2) is 6.60. The first kappa shape index (κ1) is 17.9. The van der Waals surface area contributed by atoms with Crippen molar-refractivity contribution in [3.05, 3.63) is 52.8 Å². The normalized spacial score (nSPS) is 11.2. The van der Waals surface area contributed by atoms with E-state index in [2.05, 4.69) is 9.68 Å². The molecule has 6 nitrogen and oxygen atoms in total. The molecule has 0 bridgehead atoms. The van der Waals surface area contributed by atoms with Gasteiger partial charge in [-0.3, -0.25) is 9.59 Å². The number of para-hydroxylation sites is 1. The van der Waals surface area contributed by atoms with Gasteiger partial charge in [0.25, 0.3) is 11.8 Å². The number of aryl methyl sites for hydroxylation is 1. The first-order valence-electron chi connectivity index (χ1n) is 7.35. The number of carbonyl (C=O) groups is 2. The molecule has 0 fully saturated rings. The third-order valence-corrected chi connectivity index (χ3v) is 4.33. The highest BCUT2D eigenvalue weighted by molar-refractivity contribution is 7.92. The van der Waals surface area contributed by atoms with Gasteiger partial charge in [-0.25, -0.2) is 4.21 Å². The van der Waals surface area contributed by atoms with Crippen molar-refractivity contribution >= 4 is 27.2 Å². The summed E-state index contributed by atoms with van der Waals surface area (Å²) in [6.07, 6.45) is 2.78. The van der Waals surface area contributed by atoms with Crippen LogP contribution >= 0.6 is 0 Å². The third kappa shape index (κ3) is 3.91. The smallest absolute Gasteiger partial charge is 0.287 e. The van der Waals surface area contributed by atoms with Gasteiger partial charge in [0.1, 0.15) is 0 Å². The van der Waals surface area contributed by atoms with Gasteiger partial charge in [-0.1, -0.05) is 12.1 Å². The molecule has 1 aromatic carbocycles. The molecule has 2 rings (SSSR count). The molecule has 0 unspecified atom stereocenters. The fourth-order valence-electron chi connectivity index (χ4n) is 2.30. The highest BCUT2D eigenvalue weighted by Crippen LogP contribution is 2.20. The second-order valence-electron chi connectivity index (χ2n) is 5.92. The summed E-state index contributed by atoms with van der Waals surface area (Å²) in [5.74, 6) is -0.910. The van der Waals surface area contributed by atoms with Crippen LogP contribution in [0.3, 0.4) is 0 Å². The maximum Gasteiger partial charge on any atom is 0.287 e. The number of hydrogen-bond acceptors (Lipinski definition) is 3. The maximum absolute atomic E-state index is 12.5. The van der Waals surface area contributed by atoms with Gasteiger partial charge in [0, 0.05) is 40.7 Å². The van der Waals surface area contributed by atoms with Crippen LogP contribution in [0.15, 0.2) is 34.7 Å². The van der Waals surface area contributed by atoms with Gasteiger partial charge in [0.15, 0.2) is 0 Å². The summed E-state index contributed by atoms with van der Waals surface area (Å²) in [6, 6.07) is 8.35. The predicted molar refractivity (Wildman–Crippen MR) is 96.0 cm³/mol. The molecule has 0 spiro atoms. The zero-order valence-corrected chi connectivity index (χ0v) is 15.2. The summed E-state index contributed by atoms with van der Waals surface area (Å²) >= 11 is 0. The lowest BCUT2D eigenvalue weighted by atomic mass is 10.1. The number of rotatable bonds is 3. The van der Waals surface area contributed by atoms with E-state index in [-0.39, 0.29) is 11.5 Å². The summed E-state index contributed by atoms with van der Waals surface area (Å²) < 4.78 is 17.3. The molecule has 24 heavy (non-hydrogen) atoms. The third-order valence-electron chi connectivity index (χ3n) is 3.73. The van der Waals surface area contributed by atoms with Crippen LogP contribution in [0.25, 0.3) is 0 Å². The molecule has 7 heteroatoms. The Labute approximate surface area is 142 Å². The number of aromatic nitrogens is 1. The highest BCUT2D eigenvalue weighted by atomic mass is 32.2. The highest BCUT2D eigenvalue weighted by Gasteiger charge is 2.17. The number of benzene rings is 1. The second-order valence-corrected chi connectivity index (χ2v) is 8.47. The van der Waals surface area contributed by atoms with Crippen molar-refractivity contribution in [2.45, 2.75) is 13.8 Å². The number of carbonyl (C=O) groups excluding carboxylic acids is 2. The van der Waals surface area contributed by atoms with E-state index < -0.39 is 15.6 Å². The van der Waals surface area contributed by atoms with Crippen LogP contribution in [-0.4, -0.2) is 33.1 Å². The van der Waals surface area contributed by atoms with Crippen LogP contribution in [0.2, 0.25) is 0 Å². The molecule has 0 saturated carbocycles. The van der Waals surface area contributed by atoms with E-state index in [1.165, 1.54) is 12.5 Å². The predicted octanol–water partition coefficient (Wildman–Crippen LogP) is 2.76. The summed E-state index contributed by atoms with van der Waals surface area (Å²) in [4.78, 5) is 24.8. The lowest BCUT2D eigenvalue weighted by Crippen LogP contribution is -2.15. The molecule has 2 aromatic rings. The van der Waals surface area contributed by atoms with Gasteiger partial charge in [-0.05, 0) is 32.0 Å². The quantitative estimate of drug-likeness (QED) is 0.927. The molecule has 0 radical (unpaired) electrons. The minimum absolute atomic E-state index is 0.215. The fourth-order valence-corrected chi connectivity index (χ4v) is 2.80. The summed E-state index contributed by atoms with van der Waals surface area (Å²) in [5, 5.41) is 2.75. The van der Waals surface area contributed by atoms with Gasteiger partial charge < -0.3 is 9.88 Å². The fraction of sp³-hybridized carbons (Fsp3) is 0.294. The minimum Gasteiger partial charge on any atom is -0.351 e. The monoisotopic (exact) mass is 347 g/mol. The molecule has 0 aliphatic heterocycles. The van der Waals surface area contributed by atoms with E-state index in [4.69, 9.17) is 0 Å². The Bertz CT molecular complexity index is 927. The SMILES string of the molecule is Cc1cc(C(=O)Nc2ccccc2C(=O)N=S(C)(C)=O)c(C)n1C. The molecule has 0 atom stereocenters. The zero-order valence-electron chi connectivity index (χ0n) is 14.4. The average Bonchev–Trinajstić information content (AvgIpc) is 2.73. The van der Waals surface area contributed by atoms with Crippen molar-refractivity contribution in [1.82, 2.24) is 4.57 Å². The van der Waals surface area contributed by atoms with Crippen LogP contribution in [-0.2, 0) is 16.8 Å². The average molecular weight is 347 g/mol. The Hall–Kier alpha value is -2.41. The lowest BCUT2D eigenvalue weighted by Gasteiger charge is -2.09. The molecular weight excluding hydrogens is 326 g/mol. The van der Waals surface area contributed by atoms with Gasteiger partial charge in [0.2, 0.25) is 0 Å². The van der Waals surface area contributed by atoms with Crippen molar-refractivity contribution in [2.75, 3.05) is 17.8 Å². The van der Waals surface area contributed by atoms with E-state index in [1.807, 2.05) is 25.5 Å². The molecule has 0 saturated heterocycles. The minimum atomic E-state index is -2.57. The van der Waals surface area contributed by atoms with Crippen molar-refractivity contribution in [3.8, 4) is 0 Å². The Morgan fingerprint density at radius 1 is 1.12 bits per heavy atom. The first-order chi connectivity index (χ1) is 11.1. The molecule has 1 heterocycles. The van der Waals surface area contributed by atoms with E-state index in [1.54, 1.807) is 30.3 Å². The lowest BCUT2D eigenvalue weighted by molar-refractivity contribution is 0.101. The van der Waals surface area contributed by atoms with E-state index in [0.29, 0.717) is 11.3 Å². The van der Waals surface area contributed by atoms with Crippen molar-refractivity contribution in [3.63, 3.8) is 0 Å². The van der Waals surface area contributed by atoms with Crippen LogP contribution in [0.4, 0.5) is 5.69 Å². The van der Waals surface area contributed by atoms with Gasteiger partial charge in [-0.15, -0.1) is 0 Å². The zero-order chi connectivity index (χ0) is 18.1. The van der Waals surface area contributed by atoms with Gasteiger partial charge in [-0.2, -0.15) is 4.36 Å². The van der Waals surface area contributed by atoms with Crippen LogP contribution in [0.1, 0.15) is 32.1 Å². The largest absolute Gasteiger partial charge is 0.351 e. The maximum atomic E-state index is 12.5. The molecule has 0 aliphatic rings. The molecule has 1 aromatic heterocycles. The van der Waals surface area contributed by atoms with E-state index in [0.717, 1.165) is 11.4 Å². The van der Waals surface area contributed by atoms with Crippen molar-refractivity contribution in [1.29, 1.82) is 0 Å². The summed E-state index contributed by atoms with van der Waals surface area (Å²) in [6.45, 7) is 3.77. The number of hydrogen-bond donors (Lipinski definition) is 1. The van der Waals surface area contributed by atoms with Crippen molar-refractivity contribution < 1.29 is 13.8 Å². The van der Waals surface area contributed by atoms with Crippen LogP contribution in [0, 0.1) is 13.8 Å². The van der Waals surface area contributed by atoms with E-state index in [9.17, 15) is 13.8 Å². The van der Waals surface area contributed by atoms with Gasteiger partial charge in [0.05, 0.1) is 16.8 Å². The Kier molecular flexibility index (Phi) is 4.94. The van der Waals surface area contributed by atoms with Crippen LogP contribution in [0.5, 0.6) is 0 Å². The molecular formula is C17H21N3O3S. The Balaban J connectivity index is 2.37. The van der Waals surface area contributed by atoms with Crippen molar-refractivity contribution in [2.24, 2.45) is 11.4 Å². The van der Waals surface area contributed by atoms with E-state index >= 15 is 0 Å². The Morgan fingerprint density at radius 2 is 1.75 bits per heavy atom. The number of anilines is 1. The number of nitrogens with zero attached hydrogens (tertiary/aromatic N) is 2. The summed E-state index contributed by atoms with van der Waals surface area (Å²) in [7, 11) is -0.683. The molecule has 128 valence electrons. The Morgan fingerprint density at radius 3 is 2.29 bits per heavy atom. The number of amides is 2. The number of nitrogens with one attached hydrogen (secondary N) is 1. The first-order valence-corrected chi connectivity index (χ1v) is 9.68. The summed E-state index contributed by atoms with van der Waals surface area (Å²) in [5.41, 5.74) is 2.91. The standard InChI is InChI=1S/C17H21N3O3S/c1-11-10-14(12(2)20(11)3)16(21)18-15-9-7-6-8-13(15)17(22)19-24(4,5)23/h6-10H,1-5H3,(H,18,21). The van der Waals surface area contributed by atoms with Gasteiger partial charge >= 0.3 is 0 Å². The van der Waals surface area contributed by atoms with Crippen LogP contribution < -0.4 is 5.32 Å².